The summed E-state index contributed by atoms with van der Waals surface area (Å²) >= 11 is 0. The fourth-order valence-corrected chi connectivity index (χ4v) is 2.23. The molecule has 0 radical (unpaired) electrons. The van der Waals surface area contributed by atoms with Crippen LogP contribution < -0.4 is 0 Å². The van der Waals surface area contributed by atoms with Gasteiger partial charge in [-0.2, -0.15) is 0 Å². The van der Waals surface area contributed by atoms with E-state index in [2.05, 4.69) is 9.97 Å². The lowest BCUT2D eigenvalue weighted by atomic mass is 10.1. The highest BCUT2D eigenvalue weighted by Crippen LogP contribution is 2.30. The third-order valence-corrected chi connectivity index (χ3v) is 3.59. The van der Waals surface area contributed by atoms with Crippen LogP contribution in [0.1, 0.15) is 42.6 Å². The van der Waals surface area contributed by atoms with Crippen LogP contribution in [0.25, 0.3) is 0 Å². The van der Waals surface area contributed by atoms with Crippen LogP contribution in [0.2, 0.25) is 0 Å². The summed E-state index contributed by atoms with van der Waals surface area (Å²) in [4.78, 5) is 25.2. The summed E-state index contributed by atoms with van der Waals surface area (Å²) < 4.78 is 5.87. The van der Waals surface area contributed by atoms with E-state index in [0.29, 0.717) is 12.5 Å². The van der Waals surface area contributed by atoms with Crippen molar-refractivity contribution in [2.24, 2.45) is 5.92 Å². The summed E-state index contributed by atoms with van der Waals surface area (Å²) in [6.45, 7) is 1.48. The first-order valence-corrected chi connectivity index (χ1v) is 7.19. The molecule has 20 heavy (non-hydrogen) atoms. The van der Waals surface area contributed by atoms with E-state index >= 15 is 0 Å². The fourth-order valence-electron chi connectivity index (χ4n) is 2.23. The van der Waals surface area contributed by atoms with E-state index in [9.17, 15) is 4.79 Å². The lowest BCUT2D eigenvalue weighted by Gasteiger charge is -2.33. The van der Waals surface area contributed by atoms with Gasteiger partial charge >= 0.3 is 5.97 Å². The Morgan fingerprint density at radius 3 is 2.95 bits per heavy atom. The predicted molar refractivity (Wildman–Crippen MR) is 70.5 cm³/mol. The Bertz CT molecular complexity index is 450. The first-order valence-electron chi connectivity index (χ1n) is 7.19. The topological polar surface area (TPSA) is 64.5 Å². The maximum atomic E-state index is 12.0. The summed E-state index contributed by atoms with van der Waals surface area (Å²) in [5.41, 5.74) is 0.221. The second-order valence-corrected chi connectivity index (χ2v) is 5.34. The molecule has 1 aromatic rings. The van der Waals surface area contributed by atoms with E-state index in [-0.39, 0.29) is 11.9 Å². The third kappa shape index (κ3) is 3.52. The van der Waals surface area contributed by atoms with Gasteiger partial charge in [-0.25, -0.2) is 9.78 Å². The number of hydroxylamine groups is 2. The average Bonchev–Trinajstić information content (AvgIpc) is 3.31. The molecule has 6 nitrogen and oxygen atoms in total. The van der Waals surface area contributed by atoms with Gasteiger partial charge in [0.25, 0.3) is 0 Å². The van der Waals surface area contributed by atoms with Crippen molar-refractivity contribution in [1.29, 1.82) is 0 Å². The average molecular weight is 277 g/mol. The van der Waals surface area contributed by atoms with Crippen molar-refractivity contribution in [3.8, 4) is 0 Å². The molecule has 1 aromatic heterocycles. The lowest BCUT2D eigenvalue weighted by Crippen LogP contribution is -2.43. The zero-order valence-electron chi connectivity index (χ0n) is 11.4. The van der Waals surface area contributed by atoms with Crippen molar-refractivity contribution in [2.45, 2.75) is 38.3 Å². The van der Waals surface area contributed by atoms with Crippen LogP contribution >= 0.6 is 0 Å². The van der Waals surface area contributed by atoms with E-state index in [4.69, 9.17) is 9.57 Å². The van der Waals surface area contributed by atoms with Gasteiger partial charge in [0.1, 0.15) is 6.23 Å². The van der Waals surface area contributed by atoms with Crippen LogP contribution in [0.3, 0.4) is 0 Å². The predicted octanol–water partition coefficient (Wildman–Crippen LogP) is 1.79. The van der Waals surface area contributed by atoms with E-state index in [1.165, 1.54) is 31.4 Å². The van der Waals surface area contributed by atoms with Gasteiger partial charge in [0.2, 0.25) is 0 Å². The molecule has 1 saturated heterocycles. The molecule has 3 rings (SSSR count). The van der Waals surface area contributed by atoms with Gasteiger partial charge in [-0.15, -0.1) is 5.06 Å². The standard InChI is InChI=1S/C14H19N3O3/c18-14(12-9-15-6-7-16-12)20-17-8-2-1-3-13(17)19-10-11-4-5-11/h6-7,9,11,13H,1-5,8,10H2/t13-/m0/s1. The Morgan fingerprint density at radius 1 is 1.30 bits per heavy atom. The van der Waals surface area contributed by atoms with Gasteiger partial charge < -0.3 is 9.57 Å². The maximum Gasteiger partial charge on any atom is 0.377 e. The van der Waals surface area contributed by atoms with Crippen molar-refractivity contribution < 1.29 is 14.4 Å². The molecule has 6 heteroatoms. The lowest BCUT2D eigenvalue weighted by molar-refractivity contribution is -0.231. The molecule has 1 aliphatic heterocycles. The second-order valence-electron chi connectivity index (χ2n) is 5.34. The van der Waals surface area contributed by atoms with Gasteiger partial charge in [0, 0.05) is 18.9 Å². The molecule has 0 amide bonds. The van der Waals surface area contributed by atoms with Crippen molar-refractivity contribution in [1.82, 2.24) is 15.0 Å². The number of hydrogen-bond donors (Lipinski definition) is 0. The minimum atomic E-state index is -0.472. The summed E-state index contributed by atoms with van der Waals surface area (Å²) in [5.74, 6) is 0.231. The van der Waals surface area contributed by atoms with Gasteiger partial charge in [0.15, 0.2) is 5.69 Å². The highest BCUT2D eigenvalue weighted by Gasteiger charge is 2.30. The van der Waals surface area contributed by atoms with E-state index in [0.717, 1.165) is 25.9 Å². The molecule has 1 atom stereocenters. The highest BCUT2D eigenvalue weighted by molar-refractivity contribution is 5.86. The zero-order chi connectivity index (χ0) is 13.8. The van der Waals surface area contributed by atoms with Crippen molar-refractivity contribution in [3.63, 3.8) is 0 Å². The number of carbonyl (C=O) groups excluding carboxylic acids is 1. The highest BCUT2D eigenvalue weighted by atomic mass is 16.7. The number of nitrogens with zero attached hydrogens (tertiary/aromatic N) is 3. The minimum absolute atomic E-state index is 0.120. The van der Waals surface area contributed by atoms with Gasteiger partial charge in [-0.3, -0.25) is 4.98 Å². The third-order valence-electron chi connectivity index (χ3n) is 3.59. The van der Waals surface area contributed by atoms with E-state index < -0.39 is 5.97 Å². The van der Waals surface area contributed by atoms with Crippen molar-refractivity contribution >= 4 is 5.97 Å². The largest absolute Gasteiger partial charge is 0.377 e. The summed E-state index contributed by atoms with van der Waals surface area (Å²) in [5, 5.41) is 1.66. The number of rotatable bonds is 5. The SMILES string of the molecule is O=C(ON1CCCC[C@@H]1OCC1CC1)c1cnccn1. The number of carbonyl (C=O) groups is 1. The Kier molecular flexibility index (Phi) is 4.22. The molecule has 0 spiro atoms. The van der Waals surface area contributed by atoms with Crippen LogP contribution in [-0.2, 0) is 9.57 Å². The first kappa shape index (κ1) is 13.5. The van der Waals surface area contributed by atoms with Gasteiger partial charge in [-0.1, -0.05) is 0 Å². The second kappa shape index (κ2) is 6.28. The smallest absolute Gasteiger partial charge is 0.360 e. The summed E-state index contributed by atoms with van der Waals surface area (Å²) in [6, 6.07) is 0. The molecule has 0 aromatic carbocycles. The monoisotopic (exact) mass is 277 g/mol. The molecule has 2 fully saturated rings. The number of hydrogen-bond acceptors (Lipinski definition) is 6. The number of piperidine rings is 1. The first-order chi connectivity index (χ1) is 9.83. The molecule has 108 valence electrons. The maximum absolute atomic E-state index is 12.0. The summed E-state index contributed by atoms with van der Waals surface area (Å²) in [6.07, 6.45) is 9.83. The molecule has 2 aliphatic rings. The zero-order valence-corrected chi connectivity index (χ0v) is 11.4. The number of ether oxygens (including phenoxy) is 1. The van der Waals surface area contributed by atoms with Crippen molar-refractivity contribution in [2.75, 3.05) is 13.2 Å². The fraction of sp³-hybridized carbons (Fsp3) is 0.643. The Labute approximate surface area is 118 Å². The van der Waals surface area contributed by atoms with Gasteiger partial charge in [0.05, 0.1) is 12.8 Å². The van der Waals surface area contributed by atoms with Crippen LogP contribution in [0.15, 0.2) is 18.6 Å². The van der Waals surface area contributed by atoms with Crippen molar-refractivity contribution in [3.05, 3.63) is 24.3 Å². The molecule has 0 bridgehead atoms. The van der Waals surface area contributed by atoms with E-state index in [1.54, 1.807) is 5.06 Å². The molecule has 0 unspecified atom stereocenters. The van der Waals surface area contributed by atoms with Crippen LogP contribution in [-0.4, -0.2) is 40.4 Å². The Morgan fingerprint density at radius 2 is 2.20 bits per heavy atom. The Hall–Kier alpha value is -1.53. The minimum Gasteiger partial charge on any atom is -0.360 e. The molecular formula is C14H19N3O3. The number of aromatic nitrogens is 2. The van der Waals surface area contributed by atoms with Gasteiger partial charge in [-0.05, 0) is 38.0 Å². The normalized spacial score (nSPS) is 23.5. The quantitative estimate of drug-likeness (QED) is 0.817. The van der Waals surface area contributed by atoms with Crippen LogP contribution in [0.4, 0.5) is 0 Å². The van der Waals surface area contributed by atoms with Crippen LogP contribution in [0.5, 0.6) is 0 Å². The molecule has 0 N–H and O–H groups in total. The van der Waals surface area contributed by atoms with Crippen LogP contribution in [0, 0.1) is 5.92 Å². The molecular weight excluding hydrogens is 258 g/mol. The molecule has 1 aliphatic carbocycles. The van der Waals surface area contributed by atoms with E-state index in [1.807, 2.05) is 0 Å². The molecule has 2 heterocycles. The summed E-state index contributed by atoms with van der Waals surface area (Å²) in [7, 11) is 0. The Balaban J connectivity index is 1.56. The molecule has 1 saturated carbocycles.